The zero-order valence-electron chi connectivity index (χ0n) is 14.6. The largest absolute Gasteiger partial charge is 0.296 e. The molecule has 2 fully saturated rings. The third kappa shape index (κ3) is 2.60. The van der Waals surface area contributed by atoms with Crippen LogP contribution < -0.4 is 0 Å². The molecular weight excluding hydrogens is 322 g/mol. The Morgan fingerprint density at radius 3 is 2.75 bits per heavy atom. The first kappa shape index (κ1) is 16.5. The van der Waals surface area contributed by atoms with Gasteiger partial charge in [-0.05, 0) is 42.7 Å². The zero-order valence-corrected chi connectivity index (χ0v) is 15.4. The molecule has 0 unspecified atom stereocenters. The molecule has 0 spiro atoms. The van der Waals surface area contributed by atoms with Crippen LogP contribution in [0.4, 0.5) is 0 Å². The summed E-state index contributed by atoms with van der Waals surface area (Å²) in [6.07, 6.45) is 4.16. The predicted molar refractivity (Wildman–Crippen MR) is 94.9 cm³/mol. The molecule has 0 amide bonds. The van der Waals surface area contributed by atoms with Gasteiger partial charge < -0.3 is 0 Å². The van der Waals surface area contributed by atoms with E-state index in [4.69, 9.17) is 0 Å². The highest BCUT2D eigenvalue weighted by Crippen LogP contribution is 2.43. The van der Waals surface area contributed by atoms with Gasteiger partial charge >= 0.3 is 0 Å². The maximum atomic E-state index is 12.8. The Kier molecular flexibility index (Phi) is 4.19. The van der Waals surface area contributed by atoms with E-state index < -0.39 is 10.2 Å². The van der Waals surface area contributed by atoms with Crippen LogP contribution in [0.5, 0.6) is 0 Å². The van der Waals surface area contributed by atoms with Gasteiger partial charge in [0.1, 0.15) is 0 Å². The lowest BCUT2D eigenvalue weighted by atomic mass is 9.77. The first-order chi connectivity index (χ1) is 11.5. The van der Waals surface area contributed by atoms with E-state index in [0.717, 1.165) is 38.8 Å². The van der Waals surface area contributed by atoms with Crippen molar-refractivity contribution in [2.75, 3.05) is 33.7 Å². The normalized spacial score (nSPS) is 31.4. The molecule has 0 N–H and O–H groups in total. The van der Waals surface area contributed by atoms with Crippen LogP contribution in [0.2, 0.25) is 0 Å². The van der Waals surface area contributed by atoms with E-state index in [-0.39, 0.29) is 6.04 Å². The first-order valence-electron chi connectivity index (χ1n) is 8.99. The molecule has 24 heavy (non-hydrogen) atoms. The van der Waals surface area contributed by atoms with Crippen LogP contribution in [0, 0.1) is 5.92 Å². The van der Waals surface area contributed by atoms with E-state index >= 15 is 0 Å². The molecule has 0 saturated carbocycles. The topological polar surface area (TPSA) is 43.9 Å². The lowest BCUT2D eigenvalue weighted by Crippen LogP contribution is -2.59. The monoisotopic (exact) mass is 349 g/mol. The van der Waals surface area contributed by atoms with Gasteiger partial charge in [-0.1, -0.05) is 24.3 Å². The average Bonchev–Trinajstić information content (AvgIpc) is 2.59. The Morgan fingerprint density at radius 1 is 1.17 bits per heavy atom. The van der Waals surface area contributed by atoms with E-state index in [1.54, 1.807) is 18.4 Å². The molecule has 2 saturated heterocycles. The zero-order chi connectivity index (χ0) is 16.9. The SMILES string of the molecule is CN(C)S(=O)(=O)N1CCC[C@@H]2CN3CCc4ccccc4[C@@H]3C[C@@H]21. The van der Waals surface area contributed by atoms with E-state index in [0.29, 0.717) is 18.5 Å². The fraction of sp³-hybridized carbons (Fsp3) is 0.667. The minimum atomic E-state index is -3.34. The van der Waals surface area contributed by atoms with Crippen molar-refractivity contribution in [3.05, 3.63) is 35.4 Å². The highest BCUT2D eigenvalue weighted by molar-refractivity contribution is 7.86. The van der Waals surface area contributed by atoms with Gasteiger partial charge in [-0.25, -0.2) is 0 Å². The third-order valence-corrected chi connectivity index (χ3v) is 8.05. The first-order valence-corrected chi connectivity index (χ1v) is 10.4. The summed E-state index contributed by atoms with van der Waals surface area (Å²) in [5.74, 6) is 0.468. The molecule has 0 bridgehead atoms. The number of nitrogens with zero attached hydrogens (tertiary/aromatic N) is 3. The maximum absolute atomic E-state index is 12.8. The molecule has 0 aliphatic carbocycles. The molecule has 3 aliphatic heterocycles. The quantitative estimate of drug-likeness (QED) is 0.819. The summed E-state index contributed by atoms with van der Waals surface area (Å²) in [6.45, 7) is 2.80. The summed E-state index contributed by atoms with van der Waals surface area (Å²) in [5, 5.41) is 0. The number of hydrogen-bond donors (Lipinski definition) is 0. The summed E-state index contributed by atoms with van der Waals surface area (Å²) >= 11 is 0. The lowest BCUT2D eigenvalue weighted by molar-refractivity contribution is 0.0203. The van der Waals surface area contributed by atoms with Crippen LogP contribution in [0.25, 0.3) is 0 Å². The minimum Gasteiger partial charge on any atom is -0.296 e. The number of rotatable bonds is 2. The molecule has 0 aromatic heterocycles. The molecule has 3 aliphatic rings. The number of fused-ring (bicyclic) bond motifs is 4. The van der Waals surface area contributed by atoms with Gasteiger partial charge in [0, 0.05) is 45.8 Å². The molecule has 4 rings (SSSR count). The van der Waals surface area contributed by atoms with Crippen molar-refractivity contribution in [1.29, 1.82) is 0 Å². The number of piperidine rings is 2. The van der Waals surface area contributed by atoms with Crippen LogP contribution in [0.3, 0.4) is 0 Å². The van der Waals surface area contributed by atoms with Crippen LogP contribution in [0.1, 0.15) is 36.4 Å². The summed E-state index contributed by atoms with van der Waals surface area (Å²) in [7, 11) is -0.0517. The molecule has 0 radical (unpaired) electrons. The molecule has 132 valence electrons. The van der Waals surface area contributed by atoms with Gasteiger partial charge in [-0.15, -0.1) is 0 Å². The Labute approximate surface area is 145 Å². The minimum absolute atomic E-state index is 0.138. The van der Waals surface area contributed by atoms with Gasteiger partial charge in [0.15, 0.2) is 0 Å². The molecular formula is C18H27N3O2S. The van der Waals surface area contributed by atoms with Gasteiger partial charge in [0.2, 0.25) is 0 Å². The van der Waals surface area contributed by atoms with Crippen molar-refractivity contribution in [3.8, 4) is 0 Å². The molecule has 5 nitrogen and oxygen atoms in total. The summed E-state index contributed by atoms with van der Waals surface area (Å²) in [5.41, 5.74) is 2.85. The predicted octanol–water partition coefficient (Wildman–Crippen LogP) is 1.88. The molecule has 1 aromatic rings. The van der Waals surface area contributed by atoms with E-state index in [1.807, 2.05) is 0 Å². The van der Waals surface area contributed by atoms with Crippen molar-refractivity contribution in [3.63, 3.8) is 0 Å². The van der Waals surface area contributed by atoms with Crippen molar-refractivity contribution in [1.82, 2.24) is 13.5 Å². The Morgan fingerprint density at radius 2 is 1.96 bits per heavy atom. The lowest BCUT2D eigenvalue weighted by Gasteiger charge is -2.52. The van der Waals surface area contributed by atoms with E-state index in [2.05, 4.69) is 29.2 Å². The van der Waals surface area contributed by atoms with Crippen molar-refractivity contribution >= 4 is 10.2 Å². The molecule has 1 aromatic carbocycles. The number of benzene rings is 1. The second-order valence-corrected chi connectivity index (χ2v) is 9.66. The molecule has 6 heteroatoms. The highest BCUT2D eigenvalue weighted by atomic mass is 32.2. The summed E-state index contributed by atoms with van der Waals surface area (Å²) in [4.78, 5) is 2.59. The van der Waals surface area contributed by atoms with E-state index in [1.165, 1.54) is 15.4 Å². The van der Waals surface area contributed by atoms with Gasteiger partial charge in [0.25, 0.3) is 10.2 Å². The fourth-order valence-corrected chi connectivity index (χ4v) is 6.23. The number of hydrogen-bond acceptors (Lipinski definition) is 3. The van der Waals surface area contributed by atoms with Gasteiger partial charge in [-0.3, -0.25) is 4.90 Å². The van der Waals surface area contributed by atoms with Crippen LogP contribution in [-0.2, 0) is 16.6 Å². The summed E-state index contributed by atoms with van der Waals surface area (Å²) < 4.78 is 28.7. The van der Waals surface area contributed by atoms with Crippen LogP contribution in [-0.4, -0.2) is 61.7 Å². The van der Waals surface area contributed by atoms with Crippen molar-refractivity contribution < 1.29 is 8.42 Å². The van der Waals surface area contributed by atoms with Gasteiger partial charge in [0.05, 0.1) is 0 Å². The Hall–Kier alpha value is -0.950. The molecule has 3 heterocycles. The second-order valence-electron chi connectivity index (χ2n) is 7.57. The van der Waals surface area contributed by atoms with E-state index in [9.17, 15) is 8.42 Å². The average molecular weight is 350 g/mol. The maximum Gasteiger partial charge on any atom is 0.281 e. The third-order valence-electron chi connectivity index (χ3n) is 6.08. The van der Waals surface area contributed by atoms with Crippen LogP contribution >= 0.6 is 0 Å². The standard InChI is InChI=1S/C18H27N3O2S/c1-19(2)24(22,23)21-10-5-7-15-13-20-11-9-14-6-3-4-8-16(14)18(20)12-17(15)21/h3-4,6,8,15,17-18H,5,7,9-13H2,1-2H3/t15-,17+,18+/m1/s1. The van der Waals surface area contributed by atoms with Crippen molar-refractivity contribution in [2.24, 2.45) is 5.92 Å². The summed E-state index contributed by atoms with van der Waals surface area (Å²) in [6, 6.07) is 9.20. The van der Waals surface area contributed by atoms with Crippen molar-refractivity contribution in [2.45, 2.75) is 37.8 Å². The second kappa shape index (κ2) is 6.09. The van der Waals surface area contributed by atoms with Gasteiger partial charge in [-0.2, -0.15) is 17.0 Å². The Bertz CT molecular complexity index is 719. The fourth-order valence-electron chi connectivity index (χ4n) is 4.85. The smallest absolute Gasteiger partial charge is 0.281 e. The van der Waals surface area contributed by atoms with Crippen LogP contribution in [0.15, 0.2) is 24.3 Å². The highest BCUT2D eigenvalue weighted by Gasteiger charge is 2.46. The Balaban J connectivity index is 1.66. The molecule has 3 atom stereocenters.